The van der Waals surface area contributed by atoms with Crippen LogP contribution in [0.2, 0.25) is 0 Å². The molecule has 2 aromatic rings. The molecule has 0 bridgehead atoms. The van der Waals surface area contributed by atoms with Crippen molar-refractivity contribution < 1.29 is 17.9 Å². The van der Waals surface area contributed by atoms with Gasteiger partial charge in [0.05, 0.1) is 11.5 Å². The van der Waals surface area contributed by atoms with Gasteiger partial charge in [0.25, 0.3) is 0 Å². The maximum Gasteiger partial charge on any atom is 0.243 e. The molecule has 0 amide bonds. The van der Waals surface area contributed by atoms with Crippen LogP contribution in [-0.2, 0) is 23.0 Å². The zero-order valence-electron chi connectivity index (χ0n) is 18.8. The van der Waals surface area contributed by atoms with Gasteiger partial charge in [0.15, 0.2) is 5.78 Å². The number of likely N-dealkylation sites (tertiary alicyclic amines) is 1. The Labute approximate surface area is 191 Å². The van der Waals surface area contributed by atoms with E-state index in [0.29, 0.717) is 31.7 Å². The zero-order chi connectivity index (χ0) is 22.6. The molecule has 2 heterocycles. The second-order valence-corrected chi connectivity index (χ2v) is 10.6. The van der Waals surface area contributed by atoms with Crippen LogP contribution >= 0.6 is 0 Å². The van der Waals surface area contributed by atoms with Crippen molar-refractivity contribution in [2.24, 2.45) is 0 Å². The topological polar surface area (TPSA) is 66.9 Å². The molecule has 2 aliphatic rings. The van der Waals surface area contributed by atoms with E-state index in [1.54, 1.807) is 12.1 Å². The number of benzene rings is 2. The molecule has 2 aromatic carbocycles. The van der Waals surface area contributed by atoms with Crippen LogP contribution in [0.4, 0.5) is 0 Å². The fourth-order valence-corrected chi connectivity index (χ4v) is 5.89. The summed E-state index contributed by atoms with van der Waals surface area (Å²) in [6.07, 6.45) is 5.61. The highest BCUT2D eigenvalue weighted by molar-refractivity contribution is 7.89. The lowest BCUT2D eigenvalue weighted by molar-refractivity contribution is 0.101. The first-order chi connectivity index (χ1) is 15.4. The number of piperidine rings is 1. The van der Waals surface area contributed by atoms with Crippen molar-refractivity contribution in [2.45, 2.75) is 50.5 Å². The van der Waals surface area contributed by atoms with Crippen LogP contribution in [-0.4, -0.2) is 56.2 Å². The molecule has 0 unspecified atom stereocenters. The largest absolute Gasteiger partial charge is 0.494 e. The van der Waals surface area contributed by atoms with E-state index in [2.05, 4.69) is 11.0 Å². The summed E-state index contributed by atoms with van der Waals surface area (Å²) < 4.78 is 33.7. The molecule has 1 saturated heterocycles. The number of ether oxygens (including phenoxy) is 1. The van der Waals surface area contributed by atoms with Crippen molar-refractivity contribution in [3.8, 4) is 5.75 Å². The Kier molecular flexibility index (Phi) is 7.28. The lowest BCUT2D eigenvalue weighted by Gasteiger charge is -2.28. The number of carbonyl (C=O) groups excluding carboxylic acids is 1. The SMILES string of the molecule is CC(=O)c1ccc(S(=O)(=O)N2CCc3ccc(OCCCN4CCCCC4)cc3C2)cc1. The maximum absolute atomic E-state index is 13.1. The van der Waals surface area contributed by atoms with Gasteiger partial charge >= 0.3 is 0 Å². The molecule has 6 nitrogen and oxygen atoms in total. The summed E-state index contributed by atoms with van der Waals surface area (Å²) in [7, 11) is -3.62. The first-order valence-electron chi connectivity index (χ1n) is 11.5. The average Bonchev–Trinajstić information content (AvgIpc) is 2.82. The third-order valence-corrected chi connectivity index (χ3v) is 8.25. The van der Waals surface area contributed by atoms with Gasteiger partial charge in [0.1, 0.15) is 5.75 Å². The molecule has 4 rings (SSSR count). The van der Waals surface area contributed by atoms with E-state index >= 15 is 0 Å². The number of hydrogen-bond donors (Lipinski definition) is 0. The van der Waals surface area contributed by atoms with Crippen molar-refractivity contribution >= 4 is 15.8 Å². The zero-order valence-corrected chi connectivity index (χ0v) is 19.6. The molecule has 0 atom stereocenters. The first-order valence-corrected chi connectivity index (χ1v) is 13.0. The van der Waals surface area contributed by atoms with Gasteiger partial charge in [-0.1, -0.05) is 24.6 Å². The predicted molar refractivity (Wildman–Crippen MR) is 125 cm³/mol. The number of sulfonamides is 1. The molecule has 1 fully saturated rings. The third-order valence-electron chi connectivity index (χ3n) is 6.39. The monoisotopic (exact) mass is 456 g/mol. The van der Waals surface area contributed by atoms with Gasteiger partial charge in [-0.05, 0) is 81.1 Å². The van der Waals surface area contributed by atoms with E-state index < -0.39 is 10.0 Å². The van der Waals surface area contributed by atoms with E-state index in [9.17, 15) is 13.2 Å². The number of carbonyl (C=O) groups is 1. The van der Waals surface area contributed by atoms with Gasteiger partial charge in [0.2, 0.25) is 10.0 Å². The molecule has 32 heavy (non-hydrogen) atoms. The van der Waals surface area contributed by atoms with Crippen molar-refractivity contribution in [3.05, 3.63) is 59.2 Å². The van der Waals surface area contributed by atoms with Gasteiger partial charge in [-0.15, -0.1) is 0 Å². The molecule has 0 spiro atoms. The summed E-state index contributed by atoms with van der Waals surface area (Å²) in [5.41, 5.74) is 2.67. The Morgan fingerprint density at radius 2 is 1.72 bits per heavy atom. The highest BCUT2D eigenvalue weighted by atomic mass is 32.2. The third kappa shape index (κ3) is 5.39. The fraction of sp³-hybridized carbons (Fsp3) is 0.480. The standard InChI is InChI=1S/C25H32N2O4S/c1-20(28)21-7-10-25(11-8-21)32(29,30)27-16-12-22-6-9-24(18-23(22)19-27)31-17-5-15-26-13-3-2-4-14-26/h6-11,18H,2-5,12-17,19H2,1H3. The van der Waals surface area contributed by atoms with E-state index in [-0.39, 0.29) is 10.7 Å². The number of hydrogen-bond acceptors (Lipinski definition) is 5. The molecular formula is C25H32N2O4S. The minimum atomic E-state index is -3.62. The summed E-state index contributed by atoms with van der Waals surface area (Å²) >= 11 is 0. The lowest BCUT2D eigenvalue weighted by Crippen LogP contribution is -2.36. The second kappa shape index (κ2) is 10.1. The molecule has 0 aliphatic carbocycles. The van der Waals surface area contributed by atoms with Crippen LogP contribution in [0.3, 0.4) is 0 Å². The van der Waals surface area contributed by atoms with Crippen LogP contribution < -0.4 is 4.74 Å². The second-order valence-electron chi connectivity index (χ2n) is 8.70. The average molecular weight is 457 g/mol. The number of ketones is 1. The van der Waals surface area contributed by atoms with Crippen molar-refractivity contribution in [3.63, 3.8) is 0 Å². The van der Waals surface area contributed by atoms with Crippen LogP contribution in [0.5, 0.6) is 5.75 Å². The quantitative estimate of drug-likeness (QED) is 0.445. The molecule has 0 radical (unpaired) electrons. The summed E-state index contributed by atoms with van der Waals surface area (Å²) in [4.78, 5) is 14.2. The first kappa shape index (κ1) is 23.0. The fourth-order valence-electron chi connectivity index (χ4n) is 4.47. The molecule has 2 aliphatic heterocycles. The Morgan fingerprint density at radius 3 is 2.44 bits per heavy atom. The summed E-state index contributed by atoms with van der Waals surface area (Å²) in [6, 6.07) is 12.2. The van der Waals surface area contributed by atoms with Crippen LogP contribution in [0.1, 0.15) is 54.1 Å². The predicted octanol–water partition coefficient (Wildman–Crippen LogP) is 3.89. The Bertz CT molecular complexity index is 1040. The van der Waals surface area contributed by atoms with E-state index in [0.717, 1.165) is 24.3 Å². The molecule has 7 heteroatoms. The van der Waals surface area contributed by atoms with Crippen LogP contribution in [0.15, 0.2) is 47.4 Å². The highest BCUT2D eigenvalue weighted by Gasteiger charge is 2.28. The van der Waals surface area contributed by atoms with E-state index in [1.165, 1.54) is 61.3 Å². The number of nitrogens with zero attached hydrogens (tertiary/aromatic N) is 2. The van der Waals surface area contributed by atoms with E-state index in [4.69, 9.17) is 4.74 Å². The van der Waals surface area contributed by atoms with Crippen LogP contribution in [0.25, 0.3) is 0 Å². The molecule has 0 N–H and O–H groups in total. The van der Waals surface area contributed by atoms with Gasteiger partial charge in [-0.2, -0.15) is 4.31 Å². The van der Waals surface area contributed by atoms with E-state index in [1.807, 2.05) is 12.1 Å². The smallest absolute Gasteiger partial charge is 0.243 e. The summed E-state index contributed by atoms with van der Waals surface area (Å²) in [6.45, 7) is 6.37. The van der Waals surface area contributed by atoms with Gasteiger partial charge in [0, 0.05) is 25.2 Å². The van der Waals surface area contributed by atoms with Gasteiger partial charge in [-0.25, -0.2) is 8.42 Å². The Hall–Kier alpha value is -2.22. The van der Waals surface area contributed by atoms with Gasteiger partial charge in [-0.3, -0.25) is 4.79 Å². The van der Waals surface area contributed by atoms with Crippen molar-refractivity contribution in [1.29, 1.82) is 0 Å². The summed E-state index contributed by atoms with van der Waals surface area (Å²) in [5, 5.41) is 0. The minimum Gasteiger partial charge on any atom is -0.494 e. The van der Waals surface area contributed by atoms with Crippen molar-refractivity contribution in [1.82, 2.24) is 9.21 Å². The van der Waals surface area contributed by atoms with Crippen LogP contribution in [0, 0.1) is 0 Å². The number of fused-ring (bicyclic) bond motifs is 1. The Morgan fingerprint density at radius 1 is 0.969 bits per heavy atom. The molecule has 0 saturated carbocycles. The maximum atomic E-state index is 13.1. The number of Topliss-reactive ketones (excluding diaryl/α,β-unsaturated/α-hetero) is 1. The number of rotatable bonds is 8. The highest BCUT2D eigenvalue weighted by Crippen LogP contribution is 2.28. The van der Waals surface area contributed by atoms with Gasteiger partial charge < -0.3 is 9.64 Å². The molecule has 172 valence electrons. The normalized spacial score (nSPS) is 17.7. The molecular weight excluding hydrogens is 424 g/mol. The van der Waals surface area contributed by atoms with Crippen molar-refractivity contribution in [2.75, 3.05) is 32.8 Å². The summed E-state index contributed by atoms with van der Waals surface area (Å²) in [5.74, 6) is 0.719. The minimum absolute atomic E-state index is 0.0793. The lowest BCUT2D eigenvalue weighted by atomic mass is 10.0. The Balaban J connectivity index is 1.37. The molecule has 0 aromatic heterocycles.